The van der Waals surface area contributed by atoms with Gasteiger partial charge in [0.25, 0.3) is 0 Å². The minimum absolute atomic E-state index is 0.0389. The maximum atomic E-state index is 13.2. The number of carbonyl (C=O) groups excluding carboxylic acids is 1. The van der Waals surface area contributed by atoms with E-state index in [-0.39, 0.29) is 18.0 Å². The first kappa shape index (κ1) is 14.9. The lowest BCUT2D eigenvalue weighted by atomic mass is 10.1. The summed E-state index contributed by atoms with van der Waals surface area (Å²) in [6, 6.07) is 6.28. The summed E-state index contributed by atoms with van der Waals surface area (Å²) >= 11 is 3.10. The highest BCUT2D eigenvalue weighted by Gasteiger charge is 2.13. The molecule has 20 heavy (non-hydrogen) atoms. The first-order valence-electron chi connectivity index (χ1n) is 6.59. The first-order valence-corrected chi connectivity index (χ1v) is 7.38. The topological polar surface area (TPSA) is 34.9 Å². The van der Waals surface area contributed by atoms with Crippen molar-refractivity contribution in [2.24, 2.45) is 0 Å². The molecule has 0 amide bonds. The number of benzene rings is 1. The smallest absolute Gasteiger partial charge is 0.168 e. The Bertz CT molecular complexity index is 637. The number of halogens is 2. The van der Waals surface area contributed by atoms with Crippen LogP contribution in [0.5, 0.6) is 0 Å². The highest BCUT2D eigenvalue weighted by Crippen LogP contribution is 2.18. The van der Waals surface area contributed by atoms with Gasteiger partial charge >= 0.3 is 0 Å². The van der Waals surface area contributed by atoms with Crippen LogP contribution in [0.4, 0.5) is 4.39 Å². The van der Waals surface area contributed by atoms with Crippen molar-refractivity contribution in [1.82, 2.24) is 9.78 Å². The molecule has 0 fully saturated rings. The van der Waals surface area contributed by atoms with E-state index in [0.29, 0.717) is 10.0 Å². The fourth-order valence-corrected chi connectivity index (χ4v) is 2.42. The van der Waals surface area contributed by atoms with Crippen molar-refractivity contribution in [3.05, 3.63) is 51.5 Å². The SMILES string of the molecule is CCc1cc(CC(=O)c2ccc(F)c(Br)c2)n(CC)n1. The fraction of sp³-hybridized carbons (Fsp3) is 0.333. The summed E-state index contributed by atoms with van der Waals surface area (Å²) in [6.45, 7) is 4.76. The number of ketones is 1. The third-order valence-corrected chi connectivity index (χ3v) is 3.77. The number of hydrogen-bond donors (Lipinski definition) is 0. The summed E-state index contributed by atoms with van der Waals surface area (Å²) in [4.78, 5) is 12.3. The molecule has 0 aliphatic heterocycles. The van der Waals surface area contributed by atoms with Gasteiger partial charge in [-0.2, -0.15) is 5.10 Å². The molecular weight excluding hydrogens is 323 g/mol. The Balaban J connectivity index is 2.22. The average molecular weight is 339 g/mol. The molecule has 0 aliphatic carbocycles. The normalized spacial score (nSPS) is 10.8. The van der Waals surface area contributed by atoms with Gasteiger partial charge in [-0.25, -0.2) is 4.39 Å². The number of carbonyl (C=O) groups is 1. The molecule has 0 N–H and O–H groups in total. The second-order valence-corrected chi connectivity index (χ2v) is 5.38. The molecule has 2 aromatic rings. The molecule has 0 atom stereocenters. The number of hydrogen-bond acceptors (Lipinski definition) is 2. The molecule has 1 aromatic heterocycles. The van der Waals surface area contributed by atoms with Crippen LogP contribution in [0.15, 0.2) is 28.7 Å². The van der Waals surface area contributed by atoms with Gasteiger partial charge in [0.2, 0.25) is 0 Å². The molecule has 1 aromatic carbocycles. The van der Waals surface area contributed by atoms with Crippen molar-refractivity contribution < 1.29 is 9.18 Å². The van der Waals surface area contributed by atoms with E-state index in [1.807, 2.05) is 24.6 Å². The van der Waals surface area contributed by atoms with Crippen molar-refractivity contribution in [1.29, 1.82) is 0 Å². The van der Waals surface area contributed by atoms with Crippen LogP contribution in [-0.4, -0.2) is 15.6 Å². The van der Waals surface area contributed by atoms with Crippen molar-refractivity contribution in [2.45, 2.75) is 33.2 Å². The van der Waals surface area contributed by atoms with Crippen molar-refractivity contribution in [2.75, 3.05) is 0 Å². The summed E-state index contributed by atoms with van der Waals surface area (Å²) < 4.78 is 15.3. The maximum absolute atomic E-state index is 13.2. The van der Waals surface area contributed by atoms with Crippen LogP contribution < -0.4 is 0 Å². The molecule has 1 heterocycles. The van der Waals surface area contributed by atoms with Gasteiger partial charge in [0, 0.05) is 17.8 Å². The van der Waals surface area contributed by atoms with Gasteiger partial charge in [0.15, 0.2) is 5.78 Å². The van der Waals surface area contributed by atoms with Gasteiger partial charge in [0.05, 0.1) is 16.6 Å². The Labute approximate surface area is 125 Å². The molecule has 0 bridgehead atoms. The summed E-state index contributed by atoms with van der Waals surface area (Å²) in [5.41, 5.74) is 2.38. The molecule has 0 saturated carbocycles. The first-order chi connectivity index (χ1) is 9.55. The second kappa shape index (κ2) is 6.31. The predicted molar refractivity (Wildman–Crippen MR) is 79.4 cm³/mol. The standard InChI is InChI=1S/C15H16BrFN2O/c1-3-11-8-12(19(4-2)18-11)9-15(20)10-5-6-14(17)13(16)7-10/h5-8H,3-4,9H2,1-2H3. The monoisotopic (exact) mass is 338 g/mol. The van der Waals surface area contributed by atoms with Crippen LogP contribution in [0.3, 0.4) is 0 Å². The van der Waals surface area contributed by atoms with Gasteiger partial charge in [-0.1, -0.05) is 6.92 Å². The summed E-state index contributed by atoms with van der Waals surface area (Å²) in [6.07, 6.45) is 1.12. The van der Waals surface area contributed by atoms with Crippen LogP contribution in [-0.2, 0) is 19.4 Å². The molecule has 2 rings (SSSR count). The van der Waals surface area contributed by atoms with Gasteiger partial charge in [-0.05, 0) is 53.5 Å². The summed E-state index contributed by atoms with van der Waals surface area (Å²) in [5, 5.41) is 4.42. The Morgan fingerprint density at radius 3 is 2.70 bits per heavy atom. The highest BCUT2D eigenvalue weighted by molar-refractivity contribution is 9.10. The quantitative estimate of drug-likeness (QED) is 0.777. The van der Waals surface area contributed by atoms with Crippen LogP contribution in [0.1, 0.15) is 35.6 Å². The molecule has 106 valence electrons. The third-order valence-electron chi connectivity index (χ3n) is 3.16. The van der Waals surface area contributed by atoms with E-state index in [9.17, 15) is 9.18 Å². The van der Waals surface area contributed by atoms with Gasteiger partial charge in [-0.15, -0.1) is 0 Å². The Morgan fingerprint density at radius 2 is 2.10 bits per heavy atom. The molecule has 0 radical (unpaired) electrons. The van der Waals surface area contributed by atoms with Gasteiger partial charge in [-0.3, -0.25) is 9.48 Å². The number of nitrogens with zero attached hydrogens (tertiary/aromatic N) is 2. The zero-order chi connectivity index (χ0) is 14.7. The number of aryl methyl sites for hydroxylation is 2. The van der Waals surface area contributed by atoms with Crippen molar-refractivity contribution in [3.63, 3.8) is 0 Å². The number of rotatable bonds is 5. The molecular formula is C15H16BrFN2O. The average Bonchev–Trinajstić information content (AvgIpc) is 2.84. The van der Waals surface area contributed by atoms with E-state index < -0.39 is 0 Å². The third kappa shape index (κ3) is 3.15. The molecule has 0 unspecified atom stereocenters. The van der Waals surface area contributed by atoms with Crippen LogP contribution in [0.2, 0.25) is 0 Å². The van der Waals surface area contributed by atoms with Gasteiger partial charge in [0.1, 0.15) is 5.82 Å². The Hall–Kier alpha value is -1.49. The van der Waals surface area contributed by atoms with Gasteiger partial charge < -0.3 is 0 Å². The van der Waals surface area contributed by atoms with Crippen LogP contribution in [0, 0.1) is 5.82 Å². The van der Waals surface area contributed by atoms with E-state index in [4.69, 9.17) is 0 Å². The zero-order valence-electron chi connectivity index (χ0n) is 11.5. The van der Waals surface area contributed by atoms with Crippen molar-refractivity contribution in [3.8, 4) is 0 Å². The lowest BCUT2D eigenvalue weighted by molar-refractivity contribution is 0.0990. The Morgan fingerprint density at radius 1 is 1.35 bits per heavy atom. The Kier molecular flexibility index (Phi) is 4.70. The second-order valence-electron chi connectivity index (χ2n) is 4.53. The maximum Gasteiger partial charge on any atom is 0.168 e. The number of aromatic nitrogens is 2. The lowest BCUT2D eigenvalue weighted by Gasteiger charge is -2.05. The highest BCUT2D eigenvalue weighted by atomic mass is 79.9. The van der Waals surface area contributed by atoms with E-state index in [1.165, 1.54) is 18.2 Å². The minimum Gasteiger partial charge on any atom is -0.294 e. The predicted octanol–water partition coefficient (Wildman–Crippen LogP) is 3.79. The molecule has 0 saturated heterocycles. The fourth-order valence-electron chi connectivity index (χ4n) is 2.04. The number of Topliss-reactive ketones (excluding diaryl/α,β-unsaturated/α-hetero) is 1. The van der Waals surface area contributed by atoms with E-state index in [0.717, 1.165) is 24.4 Å². The van der Waals surface area contributed by atoms with E-state index in [1.54, 1.807) is 0 Å². The molecule has 5 heteroatoms. The molecule has 3 nitrogen and oxygen atoms in total. The summed E-state index contributed by atoms with van der Waals surface area (Å²) in [7, 11) is 0. The van der Waals surface area contributed by atoms with Crippen LogP contribution in [0.25, 0.3) is 0 Å². The summed E-state index contributed by atoms with van der Waals surface area (Å²) in [5.74, 6) is -0.406. The lowest BCUT2D eigenvalue weighted by Crippen LogP contribution is -2.10. The zero-order valence-corrected chi connectivity index (χ0v) is 13.1. The van der Waals surface area contributed by atoms with E-state index >= 15 is 0 Å². The van der Waals surface area contributed by atoms with Crippen molar-refractivity contribution >= 4 is 21.7 Å². The van der Waals surface area contributed by atoms with Crippen LogP contribution >= 0.6 is 15.9 Å². The minimum atomic E-state index is -0.367. The molecule has 0 aliphatic rings. The van der Waals surface area contributed by atoms with E-state index in [2.05, 4.69) is 21.0 Å². The largest absolute Gasteiger partial charge is 0.294 e. The molecule has 0 spiro atoms.